The SMILES string of the molecule is Cc1ccccc1-c1ccc(C)c(CC(=O)O)c1N. The summed E-state index contributed by atoms with van der Waals surface area (Å²) in [6, 6.07) is 11.8. The van der Waals surface area contributed by atoms with Gasteiger partial charge >= 0.3 is 5.97 Å². The predicted octanol–water partition coefficient (Wildman–Crippen LogP) is 3.18. The molecule has 3 nitrogen and oxygen atoms in total. The fourth-order valence-electron chi connectivity index (χ4n) is 2.27. The van der Waals surface area contributed by atoms with Crippen LogP contribution in [0.4, 0.5) is 5.69 Å². The molecule has 2 aromatic rings. The molecule has 0 heterocycles. The van der Waals surface area contributed by atoms with Crippen LogP contribution < -0.4 is 5.73 Å². The molecule has 0 atom stereocenters. The number of carbonyl (C=O) groups is 1. The van der Waals surface area contributed by atoms with E-state index >= 15 is 0 Å². The van der Waals surface area contributed by atoms with Gasteiger partial charge in [0.05, 0.1) is 6.42 Å². The van der Waals surface area contributed by atoms with Crippen LogP contribution in [0, 0.1) is 13.8 Å². The van der Waals surface area contributed by atoms with E-state index in [1.165, 1.54) is 0 Å². The number of aliphatic carboxylic acids is 1. The van der Waals surface area contributed by atoms with Gasteiger partial charge in [-0.05, 0) is 36.1 Å². The highest BCUT2D eigenvalue weighted by atomic mass is 16.4. The molecule has 0 aliphatic heterocycles. The second-order valence-electron chi connectivity index (χ2n) is 4.71. The summed E-state index contributed by atoms with van der Waals surface area (Å²) in [5.41, 5.74) is 11.4. The number of nitrogens with two attached hydrogens (primary N) is 1. The van der Waals surface area contributed by atoms with Crippen LogP contribution >= 0.6 is 0 Å². The number of rotatable bonds is 3. The fourth-order valence-corrected chi connectivity index (χ4v) is 2.27. The normalized spacial score (nSPS) is 10.4. The molecule has 2 aromatic carbocycles. The first kappa shape index (κ1) is 13.1. The average Bonchev–Trinajstić information content (AvgIpc) is 2.36. The van der Waals surface area contributed by atoms with Gasteiger partial charge in [0, 0.05) is 11.3 Å². The highest BCUT2D eigenvalue weighted by Crippen LogP contribution is 2.32. The third-order valence-electron chi connectivity index (χ3n) is 3.35. The lowest BCUT2D eigenvalue weighted by Gasteiger charge is -2.14. The Kier molecular flexibility index (Phi) is 3.56. The summed E-state index contributed by atoms with van der Waals surface area (Å²) in [6.07, 6.45) is -0.0443. The van der Waals surface area contributed by atoms with Crippen LogP contribution in [0.2, 0.25) is 0 Å². The Hall–Kier alpha value is -2.29. The lowest BCUT2D eigenvalue weighted by Crippen LogP contribution is -2.07. The monoisotopic (exact) mass is 255 g/mol. The standard InChI is InChI=1S/C16H17NO2/c1-10-5-3-4-6-12(10)13-8-7-11(2)14(16(13)17)9-15(18)19/h3-8H,9,17H2,1-2H3,(H,18,19). The summed E-state index contributed by atoms with van der Waals surface area (Å²) in [7, 11) is 0. The second-order valence-corrected chi connectivity index (χ2v) is 4.71. The molecule has 19 heavy (non-hydrogen) atoms. The fraction of sp³-hybridized carbons (Fsp3) is 0.188. The molecule has 0 aromatic heterocycles. The number of carboxylic acids is 1. The first-order chi connectivity index (χ1) is 9.00. The lowest BCUT2D eigenvalue weighted by molar-refractivity contribution is -0.136. The maximum Gasteiger partial charge on any atom is 0.307 e. The Balaban J connectivity index is 2.60. The smallest absolute Gasteiger partial charge is 0.307 e. The Morgan fingerprint density at radius 1 is 1.05 bits per heavy atom. The molecule has 2 rings (SSSR count). The van der Waals surface area contributed by atoms with E-state index in [-0.39, 0.29) is 6.42 Å². The number of anilines is 1. The maximum atomic E-state index is 10.9. The minimum atomic E-state index is -0.864. The van der Waals surface area contributed by atoms with Crippen molar-refractivity contribution < 1.29 is 9.90 Å². The van der Waals surface area contributed by atoms with Gasteiger partial charge in [0.2, 0.25) is 0 Å². The van der Waals surface area contributed by atoms with Crippen LogP contribution in [0.15, 0.2) is 36.4 Å². The van der Waals surface area contributed by atoms with E-state index in [1.54, 1.807) is 0 Å². The summed E-state index contributed by atoms with van der Waals surface area (Å²) in [5.74, 6) is -0.864. The van der Waals surface area contributed by atoms with Gasteiger partial charge in [-0.3, -0.25) is 4.79 Å². The largest absolute Gasteiger partial charge is 0.481 e. The van der Waals surface area contributed by atoms with Gasteiger partial charge in [-0.2, -0.15) is 0 Å². The first-order valence-electron chi connectivity index (χ1n) is 6.16. The molecule has 0 aliphatic carbocycles. The third kappa shape index (κ3) is 2.60. The average molecular weight is 255 g/mol. The van der Waals surface area contributed by atoms with E-state index in [4.69, 9.17) is 10.8 Å². The van der Waals surface area contributed by atoms with Crippen LogP contribution in [-0.4, -0.2) is 11.1 Å². The molecule has 98 valence electrons. The molecule has 0 saturated carbocycles. The van der Waals surface area contributed by atoms with Crippen molar-refractivity contribution in [2.75, 3.05) is 5.73 Å². The lowest BCUT2D eigenvalue weighted by atomic mass is 9.93. The van der Waals surface area contributed by atoms with Crippen molar-refractivity contribution in [3.63, 3.8) is 0 Å². The summed E-state index contributed by atoms with van der Waals surface area (Å²) >= 11 is 0. The molecule has 0 spiro atoms. The number of hydrogen-bond acceptors (Lipinski definition) is 2. The molecule has 0 saturated heterocycles. The number of carboxylic acid groups (broad SMARTS) is 1. The molecule has 0 fully saturated rings. The minimum Gasteiger partial charge on any atom is -0.481 e. The zero-order chi connectivity index (χ0) is 14.0. The minimum absolute atomic E-state index is 0.0443. The maximum absolute atomic E-state index is 10.9. The number of benzene rings is 2. The van der Waals surface area contributed by atoms with Gasteiger partial charge in [-0.1, -0.05) is 36.4 Å². The summed E-state index contributed by atoms with van der Waals surface area (Å²) < 4.78 is 0. The van der Waals surface area contributed by atoms with Crippen molar-refractivity contribution in [3.8, 4) is 11.1 Å². The van der Waals surface area contributed by atoms with Crippen LogP contribution in [0.25, 0.3) is 11.1 Å². The van der Waals surface area contributed by atoms with Crippen molar-refractivity contribution in [2.24, 2.45) is 0 Å². The Labute approximate surface area is 112 Å². The Bertz CT molecular complexity index is 633. The first-order valence-corrected chi connectivity index (χ1v) is 6.16. The highest BCUT2D eigenvalue weighted by molar-refractivity contribution is 5.84. The molecule has 0 bridgehead atoms. The van der Waals surface area contributed by atoms with Gasteiger partial charge in [0.1, 0.15) is 0 Å². The molecular weight excluding hydrogens is 238 g/mol. The van der Waals surface area contributed by atoms with E-state index in [0.29, 0.717) is 11.3 Å². The predicted molar refractivity (Wildman–Crippen MR) is 77.1 cm³/mol. The number of hydrogen-bond donors (Lipinski definition) is 2. The van der Waals surface area contributed by atoms with E-state index in [2.05, 4.69) is 0 Å². The number of aryl methyl sites for hydroxylation is 2. The van der Waals surface area contributed by atoms with Crippen molar-refractivity contribution in [1.29, 1.82) is 0 Å². The van der Waals surface area contributed by atoms with E-state index in [9.17, 15) is 4.79 Å². The Morgan fingerprint density at radius 3 is 2.37 bits per heavy atom. The van der Waals surface area contributed by atoms with Crippen LogP contribution in [0.1, 0.15) is 16.7 Å². The van der Waals surface area contributed by atoms with Gasteiger partial charge in [0.25, 0.3) is 0 Å². The van der Waals surface area contributed by atoms with Gasteiger partial charge < -0.3 is 10.8 Å². The molecule has 3 N–H and O–H groups in total. The van der Waals surface area contributed by atoms with Crippen molar-refractivity contribution in [2.45, 2.75) is 20.3 Å². The van der Waals surface area contributed by atoms with Crippen LogP contribution in [0.3, 0.4) is 0 Å². The highest BCUT2D eigenvalue weighted by Gasteiger charge is 2.13. The van der Waals surface area contributed by atoms with E-state index < -0.39 is 5.97 Å². The molecular formula is C16H17NO2. The zero-order valence-corrected chi connectivity index (χ0v) is 11.1. The second kappa shape index (κ2) is 5.14. The topological polar surface area (TPSA) is 63.3 Å². The van der Waals surface area contributed by atoms with Crippen molar-refractivity contribution >= 4 is 11.7 Å². The van der Waals surface area contributed by atoms with E-state index in [1.807, 2.05) is 50.2 Å². The quantitative estimate of drug-likeness (QED) is 0.828. The molecule has 0 radical (unpaired) electrons. The number of nitrogen functional groups attached to an aromatic ring is 1. The van der Waals surface area contributed by atoms with Gasteiger partial charge in [-0.15, -0.1) is 0 Å². The summed E-state index contributed by atoms with van der Waals surface area (Å²) in [4.78, 5) is 10.9. The molecule has 3 heteroatoms. The van der Waals surface area contributed by atoms with Crippen LogP contribution in [0.5, 0.6) is 0 Å². The molecule has 0 unspecified atom stereocenters. The summed E-state index contributed by atoms with van der Waals surface area (Å²) in [5, 5.41) is 8.98. The zero-order valence-electron chi connectivity index (χ0n) is 11.1. The van der Waals surface area contributed by atoms with Crippen molar-refractivity contribution in [1.82, 2.24) is 0 Å². The van der Waals surface area contributed by atoms with Gasteiger partial charge in [0.15, 0.2) is 0 Å². The van der Waals surface area contributed by atoms with Crippen LogP contribution in [-0.2, 0) is 11.2 Å². The van der Waals surface area contributed by atoms with E-state index in [0.717, 1.165) is 22.3 Å². The van der Waals surface area contributed by atoms with Crippen molar-refractivity contribution in [3.05, 3.63) is 53.1 Å². The van der Waals surface area contributed by atoms with Gasteiger partial charge in [-0.25, -0.2) is 0 Å². The summed E-state index contributed by atoms with van der Waals surface area (Å²) in [6.45, 7) is 3.90. The molecule has 0 amide bonds. The molecule has 0 aliphatic rings. The Morgan fingerprint density at radius 2 is 1.74 bits per heavy atom. The third-order valence-corrected chi connectivity index (χ3v) is 3.35.